The van der Waals surface area contributed by atoms with Gasteiger partial charge < -0.3 is 9.84 Å². The zero-order valence-corrected chi connectivity index (χ0v) is 15.9. The van der Waals surface area contributed by atoms with E-state index in [1.165, 1.54) is 30.5 Å². The molecule has 0 aliphatic heterocycles. The number of ether oxygens (including phenoxy) is 1. The van der Waals surface area contributed by atoms with Crippen LogP contribution in [0, 0.1) is 0 Å². The molecule has 0 amide bonds. The second-order valence-corrected chi connectivity index (χ2v) is 6.80. The average Bonchev–Trinajstić information content (AvgIpc) is 2.72. The number of aliphatic hydroxyl groups is 1. The summed E-state index contributed by atoms with van der Waals surface area (Å²) in [7, 11) is 0. The first-order valence-corrected chi connectivity index (χ1v) is 9.02. The standard InChI is InChI=1S/C22H17ClF3NO2/c23-19-6-8-20(9-7-19)29-15-21(28,18-5-2-12-27-14-18)11-10-16-3-1-4-17(13-16)22(24,25)26/h1-14,28H,15H2. The third kappa shape index (κ3) is 5.59. The topological polar surface area (TPSA) is 42.4 Å². The zero-order valence-electron chi connectivity index (χ0n) is 15.1. The summed E-state index contributed by atoms with van der Waals surface area (Å²) in [5, 5.41) is 11.7. The Morgan fingerprint density at radius 1 is 1.00 bits per heavy atom. The smallest absolute Gasteiger partial charge is 0.416 e. The lowest BCUT2D eigenvalue weighted by Gasteiger charge is -2.25. The van der Waals surface area contributed by atoms with Crippen LogP contribution in [-0.2, 0) is 11.8 Å². The minimum atomic E-state index is -4.44. The maximum absolute atomic E-state index is 12.9. The van der Waals surface area contributed by atoms with Crippen LogP contribution >= 0.6 is 11.6 Å². The fourth-order valence-electron chi connectivity index (χ4n) is 2.62. The Morgan fingerprint density at radius 3 is 2.38 bits per heavy atom. The van der Waals surface area contributed by atoms with Gasteiger partial charge in [-0.25, -0.2) is 0 Å². The van der Waals surface area contributed by atoms with Crippen LogP contribution in [0.15, 0.2) is 79.1 Å². The SMILES string of the molecule is OC(C=Cc1cccc(C(F)(F)F)c1)(COc1ccc(Cl)cc1)c1cccnc1. The Morgan fingerprint density at radius 2 is 1.72 bits per heavy atom. The summed E-state index contributed by atoms with van der Waals surface area (Å²) >= 11 is 5.86. The lowest BCUT2D eigenvalue weighted by molar-refractivity contribution is -0.137. The highest BCUT2D eigenvalue weighted by atomic mass is 35.5. The second-order valence-electron chi connectivity index (χ2n) is 6.37. The van der Waals surface area contributed by atoms with Crippen LogP contribution in [0.4, 0.5) is 13.2 Å². The van der Waals surface area contributed by atoms with Gasteiger partial charge in [-0.3, -0.25) is 4.98 Å². The van der Waals surface area contributed by atoms with Crippen molar-refractivity contribution in [2.75, 3.05) is 6.61 Å². The Kier molecular flexibility index (Phi) is 6.25. The van der Waals surface area contributed by atoms with Gasteiger partial charge in [0.25, 0.3) is 0 Å². The molecule has 1 atom stereocenters. The molecule has 7 heteroatoms. The molecular weight excluding hydrogens is 403 g/mol. The van der Waals surface area contributed by atoms with Crippen LogP contribution in [0.2, 0.25) is 5.02 Å². The lowest BCUT2D eigenvalue weighted by Crippen LogP contribution is -2.31. The van der Waals surface area contributed by atoms with Gasteiger partial charge in [0.1, 0.15) is 18.0 Å². The van der Waals surface area contributed by atoms with Gasteiger partial charge >= 0.3 is 6.18 Å². The maximum Gasteiger partial charge on any atom is 0.416 e. The zero-order chi connectivity index (χ0) is 20.9. The van der Waals surface area contributed by atoms with Gasteiger partial charge in [-0.2, -0.15) is 13.2 Å². The molecule has 0 spiro atoms. The lowest BCUT2D eigenvalue weighted by atomic mass is 9.94. The molecule has 0 radical (unpaired) electrons. The monoisotopic (exact) mass is 419 g/mol. The summed E-state index contributed by atoms with van der Waals surface area (Å²) in [4.78, 5) is 4.00. The van der Waals surface area contributed by atoms with Crippen molar-refractivity contribution in [2.45, 2.75) is 11.8 Å². The van der Waals surface area contributed by atoms with E-state index in [1.54, 1.807) is 42.6 Å². The molecule has 0 saturated heterocycles. The van der Waals surface area contributed by atoms with E-state index in [2.05, 4.69) is 4.98 Å². The predicted molar refractivity (Wildman–Crippen MR) is 106 cm³/mol. The number of aromatic nitrogens is 1. The van der Waals surface area contributed by atoms with Gasteiger partial charge in [0.15, 0.2) is 0 Å². The first-order valence-electron chi connectivity index (χ1n) is 8.64. The molecule has 0 saturated carbocycles. The average molecular weight is 420 g/mol. The summed E-state index contributed by atoms with van der Waals surface area (Å²) in [6, 6.07) is 14.8. The van der Waals surface area contributed by atoms with E-state index in [4.69, 9.17) is 16.3 Å². The maximum atomic E-state index is 12.9. The molecule has 0 bridgehead atoms. The molecule has 1 unspecified atom stereocenters. The van der Waals surface area contributed by atoms with Crippen molar-refractivity contribution in [3.05, 3.63) is 101 Å². The largest absolute Gasteiger partial charge is 0.490 e. The number of nitrogens with zero attached hydrogens (tertiary/aromatic N) is 1. The Balaban J connectivity index is 1.87. The molecule has 0 fully saturated rings. The van der Waals surface area contributed by atoms with E-state index >= 15 is 0 Å². The number of hydrogen-bond donors (Lipinski definition) is 1. The Hall–Kier alpha value is -2.83. The van der Waals surface area contributed by atoms with E-state index in [0.717, 1.165) is 12.1 Å². The van der Waals surface area contributed by atoms with Gasteiger partial charge in [-0.1, -0.05) is 35.9 Å². The fourth-order valence-corrected chi connectivity index (χ4v) is 2.75. The van der Waals surface area contributed by atoms with Crippen molar-refractivity contribution in [3.8, 4) is 5.75 Å². The van der Waals surface area contributed by atoms with Gasteiger partial charge in [0.2, 0.25) is 0 Å². The minimum Gasteiger partial charge on any atom is -0.490 e. The molecule has 3 rings (SSSR count). The number of benzene rings is 2. The van der Waals surface area contributed by atoms with Crippen molar-refractivity contribution in [2.24, 2.45) is 0 Å². The van der Waals surface area contributed by atoms with E-state index in [0.29, 0.717) is 21.9 Å². The summed E-state index contributed by atoms with van der Waals surface area (Å²) in [6.07, 6.45) is 1.41. The first-order chi connectivity index (χ1) is 13.8. The number of rotatable bonds is 6. The predicted octanol–water partition coefficient (Wildman–Crippen LogP) is 5.73. The molecule has 1 N–H and O–H groups in total. The molecule has 3 nitrogen and oxygen atoms in total. The third-order valence-electron chi connectivity index (χ3n) is 4.20. The van der Waals surface area contributed by atoms with E-state index < -0.39 is 17.3 Å². The van der Waals surface area contributed by atoms with Crippen molar-refractivity contribution in [3.63, 3.8) is 0 Å². The number of halogens is 4. The van der Waals surface area contributed by atoms with Crippen LogP contribution in [-0.4, -0.2) is 16.7 Å². The highest BCUT2D eigenvalue weighted by Crippen LogP contribution is 2.31. The molecule has 0 aliphatic carbocycles. The van der Waals surface area contributed by atoms with Crippen LogP contribution in [0.5, 0.6) is 5.75 Å². The van der Waals surface area contributed by atoms with Crippen LogP contribution < -0.4 is 4.74 Å². The van der Waals surface area contributed by atoms with Gasteiger partial charge in [-0.15, -0.1) is 0 Å². The molecule has 29 heavy (non-hydrogen) atoms. The highest BCUT2D eigenvalue weighted by molar-refractivity contribution is 6.30. The van der Waals surface area contributed by atoms with Crippen molar-refractivity contribution in [1.82, 2.24) is 4.98 Å². The van der Waals surface area contributed by atoms with Gasteiger partial charge in [0, 0.05) is 23.0 Å². The molecule has 2 aromatic carbocycles. The highest BCUT2D eigenvalue weighted by Gasteiger charge is 2.31. The van der Waals surface area contributed by atoms with Crippen molar-refractivity contribution in [1.29, 1.82) is 0 Å². The molecular formula is C22H17ClF3NO2. The number of pyridine rings is 1. The van der Waals surface area contributed by atoms with E-state index in [-0.39, 0.29) is 6.61 Å². The van der Waals surface area contributed by atoms with Gasteiger partial charge in [0.05, 0.1) is 5.56 Å². The van der Waals surface area contributed by atoms with Crippen LogP contribution in [0.3, 0.4) is 0 Å². The first kappa shape index (κ1) is 20.9. The van der Waals surface area contributed by atoms with Gasteiger partial charge in [-0.05, 0) is 54.1 Å². The molecule has 0 aliphatic rings. The molecule has 150 valence electrons. The molecule has 1 aromatic heterocycles. The fraction of sp³-hybridized carbons (Fsp3) is 0.136. The molecule has 1 heterocycles. The third-order valence-corrected chi connectivity index (χ3v) is 4.45. The van der Waals surface area contributed by atoms with Crippen molar-refractivity contribution >= 4 is 17.7 Å². The summed E-state index contributed by atoms with van der Waals surface area (Å²) in [5.41, 5.74) is -1.63. The molecule has 3 aromatic rings. The number of alkyl halides is 3. The van der Waals surface area contributed by atoms with E-state index in [1.807, 2.05) is 0 Å². The summed E-state index contributed by atoms with van der Waals surface area (Å²) < 4.78 is 44.5. The Labute approximate surface area is 171 Å². The van der Waals surface area contributed by atoms with Crippen molar-refractivity contribution < 1.29 is 23.0 Å². The number of hydrogen-bond acceptors (Lipinski definition) is 3. The minimum absolute atomic E-state index is 0.171. The Bertz CT molecular complexity index is 975. The van der Waals surface area contributed by atoms with Crippen LogP contribution in [0.1, 0.15) is 16.7 Å². The summed E-state index contributed by atoms with van der Waals surface area (Å²) in [6.45, 7) is -0.171. The quantitative estimate of drug-likeness (QED) is 0.554. The van der Waals surface area contributed by atoms with E-state index in [9.17, 15) is 18.3 Å². The second kappa shape index (κ2) is 8.68. The van der Waals surface area contributed by atoms with Crippen LogP contribution in [0.25, 0.3) is 6.08 Å². The summed E-state index contributed by atoms with van der Waals surface area (Å²) in [5.74, 6) is 0.490. The normalized spacial score (nSPS) is 14.0.